The van der Waals surface area contributed by atoms with Crippen molar-refractivity contribution < 1.29 is 4.74 Å². The SMILES string of the molecule is COC1CCSC(C2CCCCCCC2)C1. The van der Waals surface area contributed by atoms with Crippen LogP contribution in [0.4, 0.5) is 0 Å². The van der Waals surface area contributed by atoms with Crippen LogP contribution in [0.25, 0.3) is 0 Å². The van der Waals surface area contributed by atoms with Gasteiger partial charge in [-0.2, -0.15) is 11.8 Å². The Morgan fingerprint density at radius 1 is 0.938 bits per heavy atom. The molecule has 1 aliphatic carbocycles. The molecular formula is C14H26OS. The van der Waals surface area contributed by atoms with E-state index in [1.807, 2.05) is 7.11 Å². The molecule has 1 aliphatic heterocycles. The fourth-order valence-electron chi connectivity index (χ4n) is 3.20. The molecule has 0 radical (unpaired) electrons. The monoisotopic (exact) mass is 242 g/mol. The van der Waals surface area contributed by atoms with E-state index in [2.05, 4.69) is 11.8 Å². The van der Waals surface area contributed by atoms with Gasteiger partial charge in [-0.1, -0.05) is 32.1 Å². The Bertz CT molecular complexity index is 187. The normalized spacial score (nSPS) is 34.3. The Kier molecular flexibility index (Phi) is 5.51. The average Bonchev–Trinajstić information content (AvgIpc) is 2.29. The summed E-state index contributed by atoms with van der Waals surface area (Å²) in [5.74, 6) is 2.31. The second kappa shape index (κ2) is 6.90. The van der Waals surface area contributed by atoms with Crippen LogP contribution in [0.1, 0.15) is 57.8 Å². The molecule has 1 nitrogen and oxygen atoms in total. The lowest BCUT2D eigenvalue weighted by Gasteiger charge is -2.34. The molecule has 2 heteroatoms. The van der Waals surface area contributed by atoms with Crippen LogP contribution in [-0.4, -0.2) is 24.2 Å². The van der Waals surface area contributed by atoms with Gasteiger partial charge in [0.15, 0.2) is 0 Å². The number of methoxy groups -OCH3 is 1. The first-order valence-electron chi connectivity index (χ1n) is 7.04. The van der Waals surface area contributed by atoms with Gasteiger partial charge >= 0.3 is 0 Å². The predicted molar refractivity (Wildman–Crippen MR) is 72.1 cm³/mol. The van der Waals surface area contributed by atoms with E-state index in [9.17, 15) is 0 Å². The number of thioether (sulfide) groups is 1. The maximum atomic E-state index is 5.55. The lowest BCUT2D eigenvalue weighted by Crippen LogP contribution is -2.30. The van der Waals surface area contributed by atoms with Gasteiger partial charge in [-0.25, -0.2) is 0 Å². The van der Waals surface area contributed by atoms with Gasteiger partial charge in [0.1, 0.15) is 0 Å². The van der Waals surface area contributed by atoms with Crippen molar-refractivity contribution in [1.82, 2.24) is 0 Å². The summed E-state index contributed by atoms with van der Waals surface area (Å²) in [6.07, 6.45) is 13.5. The Morgan fingerprint density at radius 2 is 1.62 bits per heavy atom. The highest BCUT2D eigenvalue weighted by Gasteiger charge is 2.28. The van der Waals surface area contributed by atoms with Crippen LogP contribution in [0.3, 0.4) is 0 Å². The molecule has 2 atom stereocenters. The van der Waals surface area contributed by atoms with Gasteiger partial charge in [-0.15, -0.1) is 0 Å². The molecule has 2 rings (SSSR count). The Morgan fingerprint density at radius 3 is 2.31 bits per heavy atom. The van der Waals surface area contributed by atoms with E-state index in [1.165, 1.54) is 63.5 Å². The molecular weight excluding hydrogens is 216 g/mol. The highest BCUT2D eigenvalue weighted by Crippen LogP contribution is 2.37. The lowest BCUT2D eigenvalue weighted by atomic mass is 9.86. The molecule has 1 saturated carbocycles. The van der Waals surface area contributed by atoms with Gasteiger partial charge in [0.25, 0.3) is 0 Å². The molecule has 0 N–H and O–H groups in total. The molecule has 94 valence electrons. The maximum absolute atomic E-state index is 5.55. The molecule has 1 heterocycles. The minimum Gasteiger partial charge on any atom is -0.381 e. The molecule has 2 aliphatic rings. The molecule has 2 fully saturated rings. The van der Waals surface area contributed by atoms with E-state index in [0.29, 0.717) is 6.10 Å². The predicted octanol–water partition coefficient (Wildman–Crippen LogP) is 4.26. The molecule has 0 spiro atoms. The van der Waals surface area contributed by atoms with E-state index in [1.54, 1.807) is 0 Å². The smallest absolute Gasteiger partial charge is 0.0589 e. The second-order valence-electron chi connectivity index (χ2n) is 5.40. The van der Waals surface area contributed by atoms with Crippen LogP contribution < -0.4 is 0 Å². The number of ether oxygens (including phenoxy) is 1. The van der Waals surface area contributed by atoms with Crippen LogP contribution >= 0.6 is 11.8 Å². The van der Waals surface area contributed by atoms with Gasteiger partial charge in [0, 0.05) is 12.4 Å². The van der Waals surface area contributed by atoms with E-state index < -0.39 is 0 Å². The van der Waals surface area contributed by atoms with Crippen molar-refractivity contribution in [2.45, 2.75) is 69.1 Å². The number of hydrogen-bond donors (Lipinski definition) is 0. The van der Waals surface area contributed by atoms with Gasteiger partial charge in [0.05, 0.1) is 6.10 Å². The molecule has 0 aromatic heterocycles. The Balaban J connectivity index is 1.83. The minimum atomic E-state index is 0.552. The fraction of sp³-hybridized carbons (Fsp3) is 1.00. The van der Waals surface area contributed by atoms with Gasteiger partial charge < -0.3 is 4.74 Å². The largest absolute Gasteiger partial charge is 0.381 e. The molecule has 2 unspecified atom stereocenters. The maximum Gasteiger partial charge on any atom is 0.0589 e. The van der Waals surface area contributed by atoms with Crippen LogP contribution in [0.2, 0.25) is 0 Å². The van der Waals surface area contributed by atoms with Crippen LogP contribution in [0.15, 0.2) is 0 Å². The lowest BCUT2D eigenvalue weighted by molar-refractivity contribution is 0.0839. The van der Waals surface area contributed by atoms with Crippen molar-refractivity contribution in [2.75, 3.05) is 12.9 Å². The van der Waals surface area contributed by atoms with Crippen molar-refractivity contribution >= 4 is 11.8 Å². The van der Waals surface area contributed by atoms with E-state index in [-0.39, 0.29) is 0 Å². The van der Waals surface area contributed by atoms with Crippen molar-refractivity contribution in [3.8, 4) is 0 Å². The van der Waals surface area contributed by atoms with Crippen molar-refractivity contribution in [2.24, 2.45) is 5.92 Å². The number of hydrogen-bond acceptors (Lipinski definition) is 2. The Labute approximate surface area is 105 Å². The first-order valence-corrected chi connectivity index (χ1v) is 8.09. The topological polar surface area (TPSA) is 9.23 Å². The standard InChI is InChI=1S/C14H26OS/c1-15-13-9-10-16-14(11-13)12-7-5-3-2-4-6-8-12/h12-14H,2-11H2,1H3. The first kappa shape index (κ1) is 12.8. The van der Waals surface area contributed by atoms with Gasteiger partial charge in [-0.05, 0) is 37.4 Å². The van der Waals surface area contributed by atoms with Crippen LogP contribution in [-0.2, 0) is 4.74 Å². The quantitative estimate of drug-likeness (QED) is 0.715. The zero-order valence-electron chi connectivity index (χ0n) is 10.6. The third kappa shape index (κ3) is 3.66. The summed E-state index contributed by atoms with van der Waals surface area (Å²) >= 11 is 2.22. The van der Waals surface area contributed by atoms with Crippen LogP contribution in [0, 0.1) is 5.92 Å². The van der Waals surface area contributed by atoms with E-state index >= 15 is 0 Å². The van der Waals surface area contributed by atoms with Gasteiger partial charge in [0.2, 0.25) is 0 Å². The third-order valence-corrected chi connectivity index (χ3v) is 5.75. The summed E-state index contributed by atoms with van der Waals surface area (Å²) in [4.78, 5) is 0. The van der Waals surface area contributed by atoms with Crippen molar-refractivity contribution in [1.29, 1.82) is 0 Å². The Hall–Kier alpha value is 0.310. The van der Waals surface area contributed by atoms with Crippen molar-refractivity contribution in [3.05, 3.63) is 0 Å². The molecule has 0 bridgehead atoms. The zero-order valence-corrected chi connectivity index (χ0v) is 11.4. The average molecular weight is 242 g/mol. The van der Waals surface area contributed by atoms with E-state index in [4.69, 9.17) is 4.74 Å². The molecule has 0 amide bonds. The van der Waals surface area contributed by atoms with E-state index in [0.717, 1.165) is 11.2 Å². The summed E-state index contributed by atoms with van der Waals surface area (Å²) in [6.45, 7) is 0. The summed E-state index contributed by atoms with van der Waals surface area (Å²) in [7, 11) is 1.88. The summed E-state index contributed by atoms with van der Waals surface area (Å²) in [6, 6.07) is 0. The highest BCUT2D eigenvalue weighted by atomic mass is 32.2. The molecule has 0 aromatic carbocycles. The molecule has 0 aromatic rings. The molecule has 1 saturated heterocycles. The number of rotatable bonds is 2. The molecule has 16 heavy (non-hydrogen) atoms. The summed E-state index contributed by atoms with van der Waals surface area (Å²) in [5, 5.41) is 0.900. The van der Waals surface area contributed by atoms with Crippen molar-refractivity contribution in [3.63, 3.8) is 0 Å². The first-order chi connectivity index (χ1) is 7.90. The summed E-state index contributed by atoms with van der Waals surface area (Å²) < 4.78 is 5.55. The van der Waals surface area contributed by atoms with Gasteiger partial charge in [-0.3, -0.25) is 0 Å². The summed E-state index contributed by atoms with van der Waals surface area (Å²) in [5.41, 5.74) is 0. The highest BCUT2D eigenvalue weighted by molar-refractivity contribution is 7.99. The second-order valence-corrected chi connectivity index (χ2v) is 6.74. The fourth-order valence-corrected chi connectivity index (χ4v) is 4.79. The minimum absolute atomic E-state index is 0.552. The third-order valence-electron chi connectivity index (χ3n) is 4.28. The van der Waals surface area contributed by atoms with Crippen LogP contribution in [0.5, 0.6) is 0 Å². The zero-order chi connectivity index (χ0) is 11.2.